The van der Waals surface area contributed by atoms with Gasteiger partial charge in [-0.2, -0.15) is 0 Å². The van der Waals surface area contributed by atoms with Crippen LogP contribution < -0.4 is 5.73 Å². The van der Waals surface area contributed by atoms with Crippen molar-refractivity contribution in [2.75, 3.05) is 6.61 Å². The molecular formula is C10H16BrNOS. The third-order valence-corrected chi connectivity index (χ3v) is 3.68. The van der Waals surface area contributed by atoms with E-state index in [1.54, 1.807) is 11.3 Å². The molecule has 4 heteroatoms. The van der Waals surface area contributed by atoms with Crippen molar-refractivity contribution in [3.63, 3.8) is 0 Å². The molecule has 1 unspecified atom stereocenters. The van der Waals surface area contributed by atoms with Crippen LogP contribution in [0.15, 0.2) is 15.9 Å². The van der Waals surface area contributed by atoms with Crippen LogP contribution in [0.2, 0.25) is 0 Å². The molecule has 1 rings (SSSR count). The van der Waals surface area contributed by atoms with Crippen LogP contribution in [-0.2, 0) is 4.74 Å². The Bertz CT molecular complexity index is 293. The van der Waals surface area contributed by atoms with Crippen LogP contribution in [0.25, 0.3) is 0 Å². The maximum absolute atomic E-state index is 6.00. The van der Waals surface area contributed by atoms with Gasteiger partial charge in [0, 0.05) is 9.35 Å². The van der Waals surface area contributed by atoms with Crippen LogP contribution >= 0.6 is 27.3 Å². The maximum Gasteiger partial charge on any atom is 0.0674 e. The largest absolute Gasteiger partial charge is 0.374 e. The summed E-state index contributed by atoms with van der Waals surface area (Å²) >= 11 is 5.12. The third kappa shape index (κ3) is 3.69. The van der Waals surface area contributed by atoms with Crippen molar-refractivity contribution in [3.8, 4) is 0 Å². The van der Waals surface area contributed by atoms with Gasteiger partial charge < -0.3 is 10.5 Å². The first-order chi connectivity index (χ1) is 6.40. The molecule has 1 aromatic rings. The summed E-state index contributed by atoms with van der Waals surface area (Å²) in [5.74, 6) is 0. The minimum absolute atomic E-state index is 0.0383. The van der Waals surface area contributed by atoms with Gasteiger partial charge in [-0.3, -0.25) is 0 Å². The summed E-state index contributed by atoms with van der Waals surface area (Å²) in [6, 6.07) is 1.97. The molecule has 0 saturated carbocycles. The van der Waals surface area contributed by atoms with E-state index in [0.29, 0.717) is 6.61 Å². The first-order valence-corrected chi connectivity index (χ1v) is 6.20. The Morgan fingerprint density at radius 1 is 1.57 bits per heavy atom. The molecule has 0 saturated heterocycles. The number of hydrogen-bond acceptors (Lipinski definition) is 3. The molecule has 1 atom stereocenters. The van der Waals surface area contributed by atoms with Crippen LogP contribution in [0, 0.1) is 0 Å². The summed E-state index contributed by atoms with van der Waals surface area (Å²) < 4.78 is 6.71. The number of hydrogen-bond donors (Lipinski definition) is 1. The van der Waals surface area contributed by atoms with Crippen molar-refractivity contribution in [2.24, 2.45) is 5.73 Å². The maximum atomic E-state index is 6.00. The van der Waals surface area contributed by atoms with Gasteiger partial charge in [0.05, 0.1) is 18.2 Å². The second-order valence-corrected chi connectivity index (χ2v) is 5.96. The lowest BCUT2D eigenvalue weighted by atomic mass is 10.2. The highest BCUT2D eigenvalue weighted by atomic mass is 79.9. The molecule has 0 aliphatic carbocycles. The molecule has 0 bridgehead atoms. The predicted molar refractivity (Wildman–Crippen MR) is 64.7 cm³/mol. The van der Waals surface area contributed by atoms with E-state index in [2.05, 4.69) is 15.9 Å². The number of nitrogens with two attached hydrogens (primary N) is 1. The fourth-order valence-electron chi connectivity index (χ4n) is 0.985. The molecule has 2 N–H and O–H groups in total. The summed E-state index contributed by atoms with van der Waals surface area (Å²) in [6.45, 7) is 6.65. The zero-order valence-electron chi connectivity index (χ0n) is 8.71. The first kappa shape index (κ1) is 12.2. The van der Waals surface area contributed by atoms with Gasteiger partial charge in [0.1, 0.15) is 0 Å². The molecule has 0 aliphatic heterocycles. The van der Waals surface area contributed by atoms with Gasteiger partial charge in [-0.1, -0.05) is 0 Å². The van der Waals surface area contributed by atoms with Gasteiger partial charge in [0.2, 0.25) is 0 Å². The first-order valence-electron chi connectivity index (χ1n) is 4.52. The summed E-state index contributed by atoms with van der Waals surface area (Å²) in [5, 5.41) is 2.02. The Kier molecular flexibility index (Phi) is 4.13. The standard InChI is InChI=1S/C10H16BrNOS/c1-10(2,3)13-6-8(12)9-7(11)4-5-14-9/h4-5,8H,6,12H2,1-3H3. The normalized spacial score (nSPS) is 14.4. The summed E-state index contributed by atoms with van der Waals surface area (Å²) in [7, 11) is 0. The Morgan fingerprint density at radius 2 is 2.21 bits per heavy atom. The van der Waals surface area contributed by atoms with Crippen molar-refractivity contribution in [1.82, 2.24) is 0 Å². The molecule has 1 heterocycles. The summed E-state index contributed by atoms with van der Waals surface area (Å²) in [6.07, 6.45) is 0. The average molecular weight is 278 g/mol. The smallest absolute Gasteiger partial charge is 0.0674 e. The Morgan fingerprint density at radius 3 is 2.64 bits per heavy atom. The van der Waals surface area contributed by atoms with Gasteiger partial charge >= 0.3 is 0 Å². The lowest BCUT2D eigenvalue weighted by Gasteiger charge is -2.22. The molecule has 0 fully saturated rings. The van der Waals surface area contributed by atoms with Gasteiger partial charge in [0.15, 0.2) is 0 Å². The van der Waals surface area contributed by atoms with E-state index in [4.69, 9.17) is 10.5 Å². The molecule has 80 valence electrons. The zero-order chi connectivity index (χ0) is 10.8. The molecular weight excluding hydrogens is 262 g/mol. The summed E-state index contributed by atoms with van der Waals surface area (Å²) in [4.78, 5) is 1.15. The van der Waals surface area contributed by atoms with Crippen LogP contribution in [0.3, 0.4) is 0 Å². The molecule has 14 heavy (non-hydrogen) atoms. The number of thiophene rings is 1. The van der Waals surface area contributed by atoms with Crippen molar-refractivity contribution in [1.29, 1.82) is 0 Å². The fraction of sp³-hybridized carbons (Fsp3) is 0.600. The number of ether oxygens (including phenoxy) is 1. The predicted octanol–water partition coefficient (Wildman–Crippen LogP) is 3.33. The van der Waals surface area contributed by atoms with E-state index in [1.807, 2.05) is 32.2 Å². The average Bonchev–Trinajstić information content (AvgIpc) is 2.46. The second kappa shape index (κ2) is 4.75. The van der Waals surface area contributed by atoms with Crippen molar-refractivity contribution in [3.05, 3.63) is 20.8 Å². The van der Waals surface area contributed by atoms with Crippen molar-refractivity contribution in [2.45, 2.75) is 32.4 Å². The van der Waals surface area contributed by atoms with Gasteiger partial charge in [-0.25, -0.2) is 0 Å². The van der Waals surface area contributed by atoms with E-state index in [9.17, 15) is 0 Å². The van der Waals surface area contributed by atoms with Crippen LogP contribution in [0.4, 0.5) is 0 Å². The van der Waals surface area contributed by atoms with E-state index < -0.39 is 0 Å². The van der Waals surface area contributed by atoms with E-state index in [0.717, 1.165) is 9.35 Å². The molecule has 2 nitrogen and oxygen atoms in total. The SMILES string of the molecule is CC(C)(C)OCC(N)c1sccc1Br. The second-order valence-electron chi connectivity index (χ2n) is 4.16. The van der Waals surface area contributed by atoms with Gasteiger partial charge in [-0.15, -0.1) is 11.3 Å². The Labute approximate surface area is 97.6 Å². The van der Waals surface area contributed by atoms with E-state index in [1.165, 1.54) is 0 Å². The van der Waals surface area contributed by atoms with Gasteiger partial charge in [0.25, 0.3) is 0 Å². The van der Waals surface area contributed by atoms with Crippen LogP contribution in [0.1, 0.15) is 31.7 Å². The number of rotatable bonds is 3. The lowest BCUT2D eigenvalue weighted by molar-refractivity contribution is -0.00990. The minimum atomic E-state index is -0.124. The highest BCUT2D eigenvalue weighted by Gasteiger charge is 2.16. The monoisotopic (exact) mass is 277 g/mol. The van der Waals surface area contributed by atoms with E-state index >= 15 is 0 Å². The number of halogens is 1. The highest BCUT2D eigenvalue weighted by Crippen LogP contribution is 2.28. The van der Waals surface area contributed by atoms with Crippen LogP contribution in [-0.4, -0.2) is 12.2 Å². The Balaban J connectivity index is 2.51. The van der Waals surface area contributed by atoms with Crippen LogP contribution in [0.5, 0.6) is 0 Å². The lowest BCUT2D eigenvalue weighted by Crippen LogP contribution is -2.26. The molecule has 0 aliphatic rings. The van der Waals surface area contributed by atoms with Crippen molar-refractivity contribution >= 4 is 27.3 Å². The van der Waals surface area contributed by atoms with Gasteiger partial charge in [-0.05, 0) is 48.1 Å². The topological polar surface area (TPSA) is 35.2 Å². The molecule has 1 aromatic heterocycles. The summed E-state index contributed by atoms with van der Waals surface area (Å²) in [5.41, 5.74) is 5.88. The third-order valence-electron chi connectivity index (χ3n) is 1.68. The highest BCUT2D eigenvalue weighted by molar-refractivity contribution is 9.10. The Hall–Kier alpha value is 0.100. The fourth-order valence-corrected chi connectivity index (χ4v) is 2.64. The quantitative estimate of drug-likeness (QED) is 0.920. The molecule has 0 aromatic carbocycles. The molecule has 0 amide bonds. The molecule has 0 spiro atoms. The zero-order valence-corrected chi connectivity index (χ0v) is 11.1. The minimum Gasteiger partial charge on any atom is -0.374 e. The molecule has 0 radical (unpaired) electrons. The van der Waals surface area contributed by atoms with E-state index in [-0.39, 0.29) is 11.6 Å². The van der Waals surface area contributed by atoms with Crippen molar-refractivity contribution < 1.29 is 4.74 Å².